The summed E-state index contributed by atoms with van der Waals surface area (Å²) in [6.07, 6.45) is 1.22. The van der Waals surface area contributed by atoms with E-state index < -0.39 is 10.0 Å². The predicted molar refractivity (Wildman–Crippen MR) is 79.5 cm³/mol. The lowest BCUT2D eigenvalue weighted by Gasteiger charge is -2.23. The smallest absolute Gasteiger partial charge is 0.221 e. The zero-order valence-corrected chi connectivity index (χ0v) is 13.3. The average Bonchev–Trinajstić information content (AvgIpc) is 2.36. The molecule has 0 atom stereocenters. The molecule has 0 radical (unpaired) electrons. The molecule has 7 heteroatoms. The molecule has 0 saturated carbocycles. The minimum atomic E-state index is -3.32. The Bertz CT molecular complexity index is 570. The molecule has 0 spiro atoms. The van der Waals surface area contributed by atoms with Gasteiger partial charge in [0.25, 0.3) is 0 Å². The summed E-state index contributed by atoms with van der Waals surface area (Å²) in [6, 6.07) is 5.64. The molecule has 1 aromatic rings. The van der Waals surface area contributed by atoms with Gasteiger partial charge in [0.15, 0.2) is 0 Å². The van der Waals surface area contributed by atoms with Crippen LogP contribution in [0.1, 0.15) is 25.8 Å². The van der Waals surface area contributed by atoms with Crippen molar-refractivity contribution in [2.75, 3.05) is 12.8 Å². The molecule has 0 heterocycles. The van der Waals surface area contributed by atoms with Gasteiger partial charge in [0, 0.05) is 25.6 Å². The number of nitrogens with zero attached hydrogens (tertiary/aromatic N) is 1. The van der Waals surface area contributed by atoms with E-state index in [0.29, 0.717) is 6.54 Å². The van der Waals surface area contributed by atoms with Crippen molar-refractivity contribution in [1.29, 1.82) is 0 Å². The molecular weight excluding hydrogens is 295 g/mol. The van der Waals surface area contributed by atoms with E-state index in [1.807, 2.05) is 0 Å². The van der Waals surface area contributed by atoms with E-state index in [1.54, 1.807) is 26.0 Å². The monoisotopic (exact) mass is 316 g/mol. The van der Waals surface area contributed by atoms with Crippen molar-refractivity contribution in [3.05, 3.63) is 35.6 Å². The summed E-state index contributed by atoms with van der Waals surface area (Å²) in [5.74, 6) is -0.570. The van der Waals surface area contributed by atoms with Gasteiger partial charge in [-0.3, -0.25) is 4.79 Å². The standard InChI is InChI=1S/C14H21FN2O3S/c1-11(2)17(21(3,19)20)9-8-14(18)16-10-12-4-6-13(15)7-5-12/h4-7,11H,8-10H2,1-3H3,(H,16,18). The van der Waals surface area contributed by atoms with E-state index in [4.69, 9.17) is 0 Å². The SMILES string of the molecule is CC(C)N(CCC(=O)NCc1ccc(F)cc1)S(C)(=O)=O. The van der Waals surface area contributed by atoms with Gasteiger partial charge in [-0.15, -0.1) is 0 Å². The van der Waals surface area contributed by atoms with Crippen LogP contribution in [0.5, 0.6) is 0 Å². The maximum absolute atomic E-state index is 12.7. The van der Waals surface area contributed by atoms with E-state index in [-0.39, 0.29) is 30.7 Å². The summed E-state index contributed by atoms with van der Waals surface area (Å²) in [5, 5.41) is 2.68. The van der Waals surface area contributed by atoms with Crippen molar-refractivity contribution < 1.29 is 17.6 Å². The Kier molecular flexibility index (Phi) is 6.29. The van der Waals surface area contributed by atoms with Crippen LogP contribution in [0.4, 0.5) is 4.39 Å². The highest BCUT2D eigenvalue weighted by Crippen LogP contribution is 2.06. The lowest BCUT2D eigenvalue weighted by molar-refractivity contribution is -0.121. The minimum Gasteiger partial charge on any atom is -0.352 e. The normalized spacial score (nSPS) is 11.9. The highest BCUT2D eigenvalue weighted by molar-refractivity contribution is 7.88. The number of hydrogen-bond acceptors (Lipinski definition) is 3. The Hall–Kier alpha value is -1.47. The molecule has 0 aromatic heterocycles. The number of sulfonamides is 1. The summed E-state index contributed by atoms with van der Waals surface area (Å²) in [4.78, 5) is 11.7. The van der Waals surface area contributed by atoms with Crippen molar-refractivity contribution >= 4 is 15.9 Å². The van der Waals surface area contributed by atoms with Gasteiger partial charge in [-0.2, -0.15) is 4.31 Å². The van der Waals surface area contributed by atoms with E-state index in [2.05, 4.69) is 5.32 Å². The molecule has 21 heavy (non-hydrogen) atoms. The minimum absolute atomic E-state index is 0.0897. The van der Waals surface area contributed by atoms with Crippen LogP contribution in [0.25, 0.3) is 0 Å². The van der Waals surface area contributed by atoms with Crippen LogP contribution in [-0.4, -0.2) is 37.5 Å². The Morgan fingerprint density at radius 1 is 1.29 bits per heavy atom. The second kappa shape index (κ2) is 7.51. The van der Waals surface area contributed by atoms with Crippen LogP contribution in [0.15, 0.2) is 24.3 Å². The van der Waals surface area contributed by atoms with Crippen LogP contribution in [-0.2, 0) is 21.4 Å². The van der Waals surface area contributed by atoms with E-state index >= 15 is 0 Å². The first kappa shape index (κ1) is 17.6. The average molecular weight is 316 g/mol. The Morgan fingerprint density at radius 3 is 2.33 bits per heavy atom. The number of hydrogen-bond donors (Lipinski definition) is 1. The zero-order valence-electron chi connectivity index (χ0n) is 12.5. The quantitative estimate of drug-likeness (QED) is 0.829. The summed E-state index contributed by atoms with van der Waals surface area (Å²) in [5.41, 5.74) is 0.786. The summed E-state index contributed by atoms with van der Waals surface area (Å²) in [6.45, 7) is 3.96. The second-order valence-electron chi connectivity index (χ2n) is 5.12. The van der Waals surface area contributed by atoms with Crippen LogP contribution < -0.4 is 5.32 Å². The molecule has 0 unspecified atom stereocenters. The fraction of sp³-hybridized carbons (Fsp3) is 0.500. The largest absolute Gasteiger partial charge is 0.352 e. The predicted octanol–water partition coefficient (Wildman–Crippen LogP) is 1.50. The topological polar surface area (TPSA) is 66.5 Å². The van der Waals surface area contributed by atoms with Gasteiger partial charge in [0.2, 0.25) is 15.9 Å². The highest BCUT2D eigenvalue weighted by Gasteiger charge is 2.20. The third kappa shape index (κ3) is 6.22. The number of nitrogens with one attached hydrogen (secondary N) is 1. The van der Waals surface area contributed by atoms with Gasteiger partial charge in [0.05, 0.1) is 6.26 Å². The van der Waals surface area contributed by atoms with Gasteiger partial charge in [-0.05, 0) is 31.5 Å². The van der Waals surface area contributed by atoms with Crippen LogP contribution in [0, 0.1) is 5.82 Å². The molecule has 5 nitrogen and oxygen atoms in total. The van der Waals surface area contributed by atoms with Crippen molar-refractivity contribution in [3.63, 3.8) is 0 Å². The lowest BCUT2D eigenvalue weighted by atomic mass is 10.2. The number of carbonyl (C=O) groups excluding carboxylic acids is 1. The number of halogens is 1. The fourth-order valence-electron chi connectivity index (χ4n) is 1.91. The van der Waals surface area contributed by atoms with Gasteiger partial charge in [-0.25, -0.2) is 12.8 Å². The van der Waals surface area contributed by atoms with Gasteiger partial charge in [-0.1, -0.05) is 12.1 Å². The molecule has 1 amide bonds. The van der Waals surface area contributed by atoms with Crippen molar-refractivity contribution in [1.82, 2.24) is 9.62 Å². The molecule has 1 rings (SSSR count). The zero-order chi connectivity index (χ0) is 16.0. The van der Waals surface area contributed by atoms with Crippen LogP contribution in [0.3, 0.4) is 0 Å². The van der Waals surface area contributed by atoms with E-state index in [9.17, 15) is 17.6 Å². The Labute approximate surface area is 125 Å². The molecule has 0 bridgehead atoms. The number of carbonyl (C=O) groups is 1. The van der Waals surface area contributed by atoms with E-state index in [0.717, 1.165) is 11.8 Å². The van der Waals surface area contributed by atoms with Gasteiger partial charge in [0.1, 0.15) is 5.82 Å². The van der Waals surface area contributed by atoms with E-state index in [1.165, 1.54) is 16.4 Å². The van der Waals surface area contributed by atoms with Crippen molar-refractivity contribution in [3.8, 4) is 0 Å². The first-order chi connectivity index (χ1) is 9.70. The summed E-state index contributed by atoms with van der Waals surface area (Å²) in [7, 11) is -3.32. The summed E-state index contributed by atoms with van der Waals surface area (Å²) >= 11 is 0. The maximum atomic E-state index is 12.7. The molecule has 118 valence electrons. The molecule has 0 fully saturated rings. The first-order valence-corrected chi connectivity index (χ1v) is 8.53. The summed E-state index contributed by atoms with van der Waals surface area (Å²) < 4.78 is 37.1. The van der Waals surface area contributed by atoms with Crippen molar-refractivity contribution in [2.24, 2.45) is 0 Å². The maximum Gasteiger partial charge on any atom is 0.221 e. The van der Waals surface area contributed by atoms with Crippen LogP contribution >= 0.6 is 0 Å². The second-order valence-corrected chi connectivity index (χ2v) is 7.06. The first-order valence-electron chi connectivity index (χ1n) is 6.68. The van der Waals surface area contributed by atoms with Gasteiger partial charge >= 0.3 is 0 Å². The Morgan fingerprint density at radius 2 is 1.86 bits per heavy atom. The molecule has 0 aliphatic rings. The van der Waals surface area contributed by atoms with Gasteiger partial charge < -0.3 is 5.32 Å². The lowest BCUT2D eigenvalue weighted by Crippen LogP contribution is -2.39. The molecule has 1 N–H and O–H groups in total. The number of amides is 1. The highest BCUT2D eigenvalue weighted by atomic mass is 32.2. The number of rotatable bonds is 7. The fourth-order valence-corrected chi connectivity index (χ4v) is 3.10. The van der Waals surface area contributed by atoms with Crippen molar-refractivity contribution in [2.45, 2.75) is 32.9 Å². The molecular formula is C14H21FN2O3S. The Balaban J connectivity index is 2.45. The molecule has 0 aliphatic heterocycles. The molecule has 1 aromatic carbocycles. The van der Waals surface area contributed by atoms with Crippen LogP contribution in [0.2, 0.25) is 0 Å². The molecule has 0 saturated heterocycles. The third-order valence-corrected chi connectivity index (χ3v) is 4.42. The number of benzene rings is 1. The third-order valence-electron chi connectivity index (χ3n) is 2.96. The molecule has 0 aliphatic carbocycles.